The summed E-state index contributed by atoms with van der Waals surface area (Å²) in [5.74, 6) is -1.08. The molecule has 0 aliphatic carbocycles. The third-order valence-electron chi connectivity index (χ3n) is 2.07. The predicted octanol–water partition coefficient (Wildman–Crippen LogP) is 3.17. The Bertz CT molecular complexity index is 568. The lowest BCUT2D eigenvalue weighted by atomic mass is 10.1. The average Bonchev–Trinajstić information content (AvgIpc) is 2.73. The molecule has 1 aromatic carbocycles. The third-order valence-corrected chi connectivity index (χ3v) is 3.37. The second-order valence-electron chi connectivity index (χ2n) is 3.18. The first-order valence-corrected chi connectivity index (χ1v) is 5.85. The van der Waals surface area contributed by atoms with Gasteiger partial charge in [0.25, 0.3) is 5.19 Å². The Labute approximate surface area is 106 Å². The van der Waals surface area contributed by atoms with Crippen LogP contribution in [0.2, 0.25) is 5.02 Å². The van der Waals surface area contributed by atoms with Gasteiger partial charge in [0.15, 0.2) is 5.69 Å². The molecule has 1 N–H and O–H groups in total. The highest BCUT2D eigenvalue weighted by Crippen LogP contribution is 2.35. The van der Waals surface area contributed by atoms with E-state index in [1.165, 1.54) is 18.4 Å². The van der Waals surface area contributed by atoms with Crippen LogP contribution in [0.3, 0.4) is 0 Å². The number of carbonyl (C=O) groups is 1. The van der Waals surface area contributed by atoms with E-state index in [0.717, 1.165) is 5.56 Å². The minimum absolute atomic E-state index is 0.0193. The highest BCUT2D eigenvalue weighted by molar-refractivity contribution is 7.17. The van der Waals surface area contributed by atoms with Crippen LogP contribution >= 0.6 is 22.9 Å². The van der Waals surface area contributed by atoms with Crippen molar-refractivity contribution in [1.29, 1.82) is 0 Å². The summed E-state index contributed by atoms with van der Waals surface area (Å²) in [6, 6.07) is 6.96. The molecule has 0 fully saturated rings. The summed E-state index contributed by atoms with van der Waals surface area (Å²) < 4.78 is 4.95. The summed E-state index contributed by atoms with van der Waals surface area (Å²) in [7, 11) is 1.45. The van der Waals surface area contributed by atoms with Gasteiger partial charge in [0, 0.05) is 5.02 Å². The van der Waals surface area contributed by atoms with Crippen molar-refractivity contribution >= 4 is 28.9 Å². The van der Waals surface area contributed by atoms with Crippen LogP contribution in [-0.4, -0.2) is 23.2 Å². The summed E-state index contributed by atoms with van der Waals surface area (Å²) in [5.41, 5.74) is 0.699. The van der Waals surface area contributed by atoms with Gasteiger partial charge in [0.2, 0.25) is 0 Å². The van der Waals surface area contributed by atoms with Gasteiger partial charge in [-0.2, -0.15) is 4.98 Å². The van der Waals surface area contributed by atoms with Gasteiger partial charge < -0.3 is 9.84 Å². The number of hydrogen-bond acceptors (Lipinski definition) is 4. The van der Waals surface area contributed by atoms with Crippen LogP contribution in [0.5, 0.6) is 5.19 Å². The fourth-order valence-corrected chi connectivity index (χ4v) is 2.42. The summed E-state index contributed by atoms with van der Waals surface area (Å²) >= 11 is 7.05. The predicted molar refractivity (Wildman–Crippen MR) is 66.1 cm³/mol. The van der Waals surface area contributed by atoms with E-state index in [9.17, 15) is 4.79 Å². The van der Waals surface area contributed by atoms with Crippen molar-refractivity contribution < 1.29 is 14.6 Å². The molecule has 0 aliphatic heterocycles. The highest BCUT2D eigenvalue weighted by atomic mass is 35.5. The van der Waals surface area contributed by atoms with E-state index in [1.807, 2.05) is 0 Å². The zero-order chi connectivity index (χ0) is 12.4. The molecule has 0 aliphatic rings. The smallest absolute Gasteiger partial charge is 0.356 e. The van der Waals surface area contributed by atoms with E-state index >= 15 is 0 Å². The highest BCUT2D eigenvalue weighted by Gasteiger charge is 2.19. The Morgan fingerprint density at radius 2 is 2.29 bits per heavy atom. The molecule has 17 heavy (non-hydrogen) atoms. The number of hydrogen-bond donors (Lipinski definition) is 1. The molecule has 2 rings (SSSR count). The lowest BCUT2D eigenvalue weighted by molar-refractivity contribution is 0.0691. The third kappa shape index (κ3) is 2.40. The SMILES string of the molecule is COc1nc(C(=O)O)c(-c2cccc(Cl)c2)s1. The molecule has 1 heterocycles. The van der Waals surface area contributed by atoms with Crippen molar-refractivity contribution in [1.82, 2.24) is 4.98 Å². The van der Waals surface area contributed by atoms with E-state index in [1.54, 1.807) is 24.3 Å². The molecule has 0 bridgehead atoms. The number of aromatic nitrogens is 1. The number of carboxylic acids is 1. The van der Waals surface area contributed by atoms with Crippen LogP contribution in [0.15, 0.2) is 24.3 Å². The minimum Gasteiger partial charge on any atom is -0.476 e. The molecule has 1 aromatic heterocycles. The maximum absolute atomic E-state index is 11.1. The minimum atomic E-state index is -1.08. The zero-order valence-corrected chi connectivity index (χ0v) is 10.4. The van der Waals surface area contributed by atoms with Gasteiger partial charge in [-0.25, -0.2) is 4.79 Å². The van der Waals surface area contributed by atoms with Crippen LogP contribution in [0.1, 0.15) is 10.5 Å². The molecule has 0 saturated heterocycles. The average molecular weight is 270 g/mol. The van der Waals surface area contributed by atoms with Crippen molar-refractivity contribution in [2.75, 3.05) is 7.11 Å². The number of rotatable bonds is 3. The number of benzene rings is 1. The van der Waals surface area contributed by atoms with Gasteiger partial charge in [-0.05, 0) is 17.7 Å². The van der Waals surface area contributed by atoms with Gasteiger partial charge in [0.05, 0.1) is 12.0 Å². The molecule has 0 unspecified atom stereocenters. The Morgan fingerprint density at radius 3 is 2.88 bits per heavy atom. The van der Waals surface area contributed by atoms with E-state index in [-0.39, 0.29) is 5.69 Å². The second-order valence-corrected chi connectivity index (χ2v) is 4.58. The molecule has 0 amide bonds. The Kier molecular flexibility index (Phi) is 3.31. The van der Waals surface area contributed by atoms with Crippen molar-refractivity contribution in [2.24, 2.45) is 0 Å². The van der Waals surface area contributed by atoms with Crippen molar-refractivity contribution in [2.45, 2.75) is 0 Å². The zero-order valence-electron chi connectivity index (χ0n) is 8.81. The van der Waals surface area contributed by atoms with Crippen LogP contribution in [0, 0.1) is 0 Å². The summed E-state index contributed by atoms with van der Waals surface area (Å²) in [6.07, 6.45) is 0. The van der Waals surface area contributed by atoms with E-state index in [0.29, 0.717) is 15.1 Å². The van der Waals surface area contributed by atoms with Crippen LogP contribution in [0.25, 0.3) is 10.4 Å². The molecule has 0 radical (unpaired) electrons. The molecule has 0 atom stereocenters. The molecule has 4 nitrogen and oxygen atoms in total. The second kappa shape index (κ2) is 4.73. The van der Waals surface area contributed by atoms with Crippen molar-refractivity contribution in [3.05, 3.63) is 35.0 Å². The van der Waals surface area contributed by atoms with Crippen LogP contribution in [-0.2, 0) is 0 Å². The van der Waals surface area contributed by atoms with Crippen LogP contribution < -0.4 is 4.74 Å². The molecule has 88 valence electrons. The number of ether oxygens (including phenoxy) is 1. The van der Waals surface area contributed by atoms with Gasteiger partial charge in [-0.3, -0.25) is 0 Å². The first kappa shape index (κ1) is 11.9. The monoisotopic (exact) mass is 269 g/mol. The lowest BCUT2D eigenvalue weighted by Crippen LogP contribution is -1.98. The van der Waals surface area contributed by atoms with Gasteiger partial charge in [-0.15, -0.1) is 0 Å². The molecular formula is C11H8ClNO3S. The standard InChI is InChI=1S/C11H8ClNO3S/c1-16-11-13-8(10(14)15)9(17-11)6-3-2-4-7(12)5-6/h2-5H,1H3,(H,14,15). The number of carboxylic acid groups (broad SMARTS) is 1. The Hall–Kier alpha value is -1.59. The summed E-state index contributed by atoms with van der Waals surface area (Å²) in [4.78, 5) is 15.5. The van der Waals surface area contributed by atoms with Crippen LogP contribution in [0.4, 0.5) is 0 Å². The molecular weight excluding hydrogens is 262 g/mol. The molecule has 0 spiro atoms. The lowest BCUT2D eigenvalue weighted by Gasteiger charge is -1.98. The maximum Gasteiger partial charge on any atom is 0.356 e. The number of aromatic carboxylic acids is 1. The Morgan fingerprint density at radius 1 is 1.53 bits per heavy atom. The number of thiazole rings is 1. The number of nitrogens with zero attached hydrogens (tertiary/aromatic N) is 1. The largest absolute Gasteiger partial charge is 0.476 e. The molecule has 0 saturated carbocycles. The van der Waals surface area contributed by atoms with E-state index in [4.69, 9.17) is 21.4 Å². The Balaban J connectivity index is 2.57. The van der Waals surface area contributed by atoms with E-state index in [2.05, 4.69) is 4.98 Å². The normalized spacial score (nSPS) is 10.2. The van der Waals surface area contributed by atoms with E-state index < -0.39 is 5.97 Å². The molecule has 2 aromatic rings. The van der Waals surface area contributed by atoms with Gasteiger partial charge >= 0.3 is 5.97 Å². The van der Waals surface area contributed by atoms with Crippen molar-refractivity contribution in [3.63, 3.8) is 0 Å². The quantitative estimate of drug-likeness (QED) is 0.930. The van der Waals surface area contributed by atoms with Gasteiger partial charge in [-0.1, -0.05) is 35.1 Å². The fraction of sp³-hybridized carbons (Fsp3) is 0.0909. The number of methoxy groups -OCH3 is 1. The summed E-state index contributed by atoms with van der Waals surface area (Å²) in [6.45, 7) is 0. The fourth-order valence-electron chi connectivity index (χ4n) is 1.36. The number of halogens is 1. The van der Waals surface area contributed by atoms with Gasteiger partial charge in [0.1, 0.15) is 0 Å². The topological polar surface area (TPSA) is 59.4 Å². The van der Waals surface area contributed by atoms with Crippen molar-refractivity contribution in [3.8, 4) is 15.6 Å². The first-order chi connectivity index (χ1) is 8.11. The molecule has 6 heteroatoms. The maximum atomic E-state index is 11.1. The summed E-state index contributed by atoms with van der Waals surface area (Å²) in [5, 5.41) is 9.93. The first-order valence-electron chi connectivity index (χ1n) is 4.66.